The molecule has 0 aliphatic rings. The van der Waals surface area contributed by atoms with Crippen LogP contribution in [0.5, 0.6) is 0 Å². The van der Waals surface area contributed by atoms with Crippen molar-refractivity contribution in [2.75, 3.05) is 41.7 Å². The first-order chi connectivity index (χ1) is 48.0. The zero-order valence-corrected chi connectivity index (χ0v) is 65.7. The smallest absolute Gasteiger partial charge is 0.299 e. The highest BCUT2D eigenvalue weighted by Gasteiger charge is 2.26. The van der Waals surface area contributed by atoms with Gasteiger partial charge in [-0.25, -0.2) is 9.97 Å². The molecule has 546 valence electrons. The Labute approximate surface area is 621 Å². The van der Waals surface area contributed by atoms with Gasteiger partial charge >= 0.3 is 0 Å². The third-order valence-electron chi connectivity index (χ3n) is 20.9. The lowest BCUT2D eigenvalue weighted by Crippen LogP contribution is -2.26. The number of aromatic nitrogens is 4. The van der Waals surface area contributed by atoms with Crippen molar-refractivity contribution in [2.45, 2.75) is 285 Å². The molecule has 0 unspecified atom stereocenters. The predicted octanol–water partition coefficient (Wildman–Crippen LogP) is 25.8. The van der Waals surface area contributed by atoms with Gasteiger partial charge in [0.1, 0.15) is 16.8 Å². The Hall–Kier alpha value is -5.81. The van der Waals surface area contributed by atoms with Gasteiger partial charge in [0.25, 0.3) is 16.8 Å². The fourth-order valence-electron chi connectivity index (χ4n) is 15.2. The lowest BCUT2D eigenvalue weighted by atomic mass is 10.0. The van der Waals surface area contributed by atoms with E-state index in [4.69, 9.17) is 15.7 Å². The summed E-state index contributed by atoms with van der Waals surface area (Å²) >= 11 is 7.32. The summed E-state index contributed by atoms with van der Waals surface area (Å²) < 4.78 is 5.30. The number of nitrogens with zero attached hydrogens (tertiary/aromatic N) is 7. The second-order valence-corrected chi connectivity index (χ2v) is 30.2. The maximum atomic E-state index is 14.1. The molecular formula is C84H121Br2N9O4S. The van der Waals surface area contributed by atoms with Gasteiger partial charge in [0.15, 0.2) is 5.52 Å². The molecule has 100 heavy (non-hydrogen) atoms. The van der Waals surface area contributed by atoms with Gasteiger partial charge in [-0.1, -0.05) is 327 Å². The SMILES string of the molecule is CCCCCCCCCCCCN(CCCCCCCCCCCC)c1cc(N)c2nc3c4cccc5c(Br)ccc(c(=O)n3c2c1)c54.CCCCCCCCCCCCN(CCCCCCCCCCCC)c1cc([N+](=O)[O-])c2nc3c4cccc5c(Br)ccc(c(=O)n3c2c1)c54.N.S. The van der Waals surface area contributed by atoms with Crippen LogP contribution in [0, 0.1) is 10.1 Å². The summed E-state index contributed by atoms with van der Waals surface area (Å²) in [4.78, 5) is 55.1. The van der Waals surface area contributed by atoms with Crippen LogP contribution in [-0.4, -0.2) is 49.9 Å². The molecule has 10 rings (SSSR count). The highest BCUT2D eigenvalue weighted by atomic mass is 79.9. The molecule has 0 aliphatic heterocycles. The maximum absolute atomic E-state index is 14.1. The molecule has 0 aliphatic carbocycles. The van der Waals surface area contributed by atoms with Crippen LogP contribution in [0.2, 0.25) is 0 Å². The molecule has 0 saturated heterocycles. The fraction of sp³-hybridized carbons (Fsp3) is 0.571. The van der Waals surface area contributed by atoms with E-state index in [1.54, 1.807) is 14.9 Å². The zero-order chi connectivity index (χ0) is 69.0. The van der Waals surface area contributed by atoms with Gasteiger partial charge in [0.2, 0.25) is 0 Å². The van der Waals surface area contributed by atoms with E-state index in [1.165, 1.54) is 231 Å². The quantitative estimate of drug-likeness (QED) is 0.0161. The minimum Gasteiger partial charge on any atom is -0.397 e. The van der Waals surface area contributed by atoms with Crippen molar-refractivity contribution < 1.29 is 4.92 Å². The molecule has 16 heteroatoms. The normalized spacial score (nSPS) is 11.7. The van der Waals surface area contributed by atoms with Crippen LogP contribution in [0.4, 0.5) is 22.7 Å². The van der Waals surface area contributed by atoms with Gasteiger partial charge < -0.3 is 21.7 Å². The highest BCUT2D eigenvalue weighted by molar-refractivity contribution is 9.11. The van der Waals surface area contributed by atoms with Crippen LogP contribution in [0.1, 0.15) is 285 Å². The highest BCUT2D eigenvalue weighted by Crippen LogP contribution is 2.39. The first-order valence-corrected chi connectivity index (χ1v) is 40.6. The summed E-state index contributed by atoms with van der Waals surface area (Å²) in [6.07, 6.45) is 52.0. The van der Waals surface area contributed by atoms with Crippen LogP contribution in [0.3, 0.4) is 0 Å². The molecule has 0 amide bonds. The van der Waals surface area contributed by atoms with E-state index in [0.29, 0.717) is 38.8 Å². The van der Waals surface area contributed by atoms with E-state index in [9.17, 15) is 19.7 Å². The first-order valence-electron chi connectivity index (χ1n) is 39.1. The van der Waals surface area contributed by atoms with Crippen LogP contribution >= 0.6 is 45.4 Å². The standard InChI is InChI=1S/C42H57BrN4O3.C42H59BrN4O.H3N.H2S/c1-3-5-7-9-11-13-15-17-19-21-28-45(29-22-20-18-16-14-12-10-8-6-4-2)32-30-37-40(38(31-32)47(49)50)44-41-34-25-23-24-33-36(43)27-26-35(39(33)34)42(48)46(37)41;1-3-5-7-9-11-13-15-17-19-21-28-46(29-22-20-18-16-14-12-10-8-6-4-2)32-30-37(44)40-38(31-32)47-41(45-40)34-25-23-24-33-36(43)27-26-35(39(33)34)42(47)48;;/h23-27,30-31H,3-22,28-29H2,1-2H3;23-27,30-31H,3-22,28-29,44H2,1-2H3;1H3;1H2. The molecule has 10 aromatic rings. The lowest BCUT2D eigenvalue weighted by Gasteiger charge is -2.25. The summed E-state index contributed by atoms with van der Waals surface area (Å²) in [5.41, 5.74) is 12.5. The Kier molecular flexibility index (Phi) is 35.3. The Morgan fingerprint density at radius 1 is 0.400 bits per heavy atom. The number of nitro benzene ring substituents is 1. The summed E-state index contributed by atoms with van der Waals surface area (Å²) in [5.74, 6) is 0. The Morgan fingerprint density at radius 3 is 1.02 bits per heavy atom. The molecule has 0 radical (unpaired) electrons. The molecule has 0 saturated carbocycles. The van der Waals surface area contributed by atoms with E-state index in [0.717, 1.165) is 110 Å². The third-order valence-corrected chi connectivity index (χ3v) is 22.3. The van der Waals surface area contributed by atoms with Gasteiger partial charge in [-0.05, 0) is 78.9 Å². The van der Waals surface area contributed by atoms with Gasteiger partial charge in [0.05, 0.1) is 21.6 Å². The summed E-state index contributed by atoms with van der Waals surface area (Å²) in [5, 5.41) is 19.4. The lowest BCUT2D eigenvalue weighted by molar-refractivity contribution is -0.383. The van der Waals surface area contributed by atoms with Crippen molar-refractivity contribution >= 4 is 145 Å². The second kappa shape index (κ2) is 43.3. The van der Waals surface area contributed by atoms with Crippen molar-refractivity contribution in [3.63, 3.8) is 0 Å². The van der Waals surface area contributed by atoms with Crippen molar-refractivity contribution in [1.29, 1.82) is 0 Å². The van der Waals surface area contributed by atoms with Crippen LogP contribution < -0.4 is 32.8 Å². The topological polar surface area (TPSA) is 179 Å². The number of pyridine rings is 2. The zero-order valence-electron chi connectivity index (χ0n) is 61.5. The molecule has 0 fully saturated rings. The van der Waals surface area contributed by atoms with Crippen LogP contribution in [0.15, 0.2) is 103 Å². The number of nitrogen functional groups attached to an aromatic ring is 1. The van der Waals surface area contributed by atoms with Gasteiger partial charge in [-0.15, -0.1) is 0 Å². The van der Waals surface area contributed by atoms with E-state index in [1.807, 2.05) is 54.6 Å². The largest absolute Gasteiger partial charge is 0.397 e. The number of halogens is 2. The number of hydrogen-bond donors (Lipinski definition) is 2. The number of hydrogen-bond acceptors (Lipinski definition) is 10. The van der Waals surface area contributed by atoms with E-state index >= 15 is 0 Å². The third kappa shape index (κ3) is 21.6. The molecule has 0 spiro atoms. The average Bonchev–Trinajstić information content (AvgIpc) is 1.23. The Balaban J connectivity index is 0.000000276. The van der Waals surface area contributed by atoms with Gasteiger partial charge in [0, 0.05) is 84.9 Å². The fourth-order valence-corrected chi connectivity index (χ4v) is 16.1. The number of anilines is 3. The van der Waals surface area contributed by atoms with Gasteiger partial charge in [-0.3, -0.25) is 28.5 Å². The Bertz CT molecular complexity index is 4170. The van der Waals surface area contributed by atoms with Crippen molar-refractivity contribution in [3.8, 4) is 0 Å². The minimum absolute atomic E-state index is 0. The molecule has 13 nitrogen and oxygen atoms in total. The number of nitro groups is 1. The average molecular weight is 1510 g/mol. The molecule has 5 N–H and O–H groups in total. The molecule has 4 aromatic heterocycles. The molecule has 0 bridgehead atoms. The molecule has 6 aromatic carbocycles. The summed E-state index contributed by atoms with van der Waals surface area (Å²) in [6.45, 7) is 12.8. The monoisotopic (exact) mass is 1510 g/mol. The second-order valence-electron chi connectivity index (χ2n) is 28.5. The number of rotatable bonds is 47. The van der Waals surface area contributed by atoms with Gasteiger partial charge in [-0.2, -0.15) is 13.5 Å². The van der Waals surface area contributed by atoms with Crippen molar-refractivity contribution in [3.05, 3.63) is 125 Å². The number of imidazole rings is 2. The predicted molar refractivity (Wildman–Crippen MR) is 444 cm³/mol. The summed E-state index contributed by atoms with van der Waals surface area (Å²) in [6, 6.07) is 27.7. The van der Waals surface area contributed by atoms with E-state index in [2.05, 4.69) is 93.6 Å². The first kappa shape index (κ1) is 81.5. The molecule has 0 atom stereocenters. The number of unbranched alkanes of at least 4 members (excludes halogenated alkanes) is 36. The van der Waals surface area contributed by atoms with Crippen LogP contribution in [-0.2, 0) is 0 Å². The number of benzene rings is 6. The maximum Gasteiger partial charge on any atom is 0.299 e. The van der Waals surface area contributed by atoms with Crippen molar-refractivity contribution in [2.24, 2.45) is 0 Å². The number of nitrogens with two attached hydrogens (primary N) is 1. The van der Waals surface area contributed by atoms with Crippen molar-refractivity contribution in [1.82, 2.24) is 24.9 Å². The number of fused-ring (bicyclic) bond motifs is 8. The van der Waals surface area contributed by atoms with E-state index in [-0.39, 0.29) is 46.9 Å². The molecule has 4 heterocycles. The van der Waals surface area contributed by atoms with E-state index < -0.39 is 0 Å². The Morgan fingerprint density at radius 2 is 0.690 bits per heavy atom. The van der Waals surface area contributed by atoms with Crippen LogP contribution in [0.25, 0.3) is 76.5 Å². The summed E-state index contributed by atoms with van der Waals surface area (Å²) in [7, 11) is 0. The number of non-ortho nitro benzene ring substituents is 1. The minimum atomic E-state index is -0.334. The molecular weight excluding hydrogens is 1390 g/mol.